The highest BCUT2D eigenvalue weighted by molar-refractivity contribution is 8.01. The summed E-state index contributed by atoms with van der Waals surface area (Å²) in [4.78, 5) is 22.9. The third-order valence-corrected chi connectivity index (χ3v) is 8.77. The maximum Gasteiger partial charge on any atom is 0.573 e. The zero-order valence-electron chi connectivity index (χ0n) is 18.8. The SMILES string of the molecule is FC(F)(F)Oc1ccc(Nc2nc(Sc3nc4ccccc4s3)nc(Sc3nc4ccccc4s3)n2)cc1. The normalized spacial score (nSPS) is 11.8. The van der Waals surface area contributed by atoms with Crippen LogP contribution in [0.1, 0.15) is 0 Å². The molecule has 0 amide bonds. The van der Waals surface area contributed by atoms with Gasteiger partial charge in [0.25, 0.3) is 0 Å². The maximum absolute atomic E-state index is 12.5. The molecule has 0 atom stereocenters. The van der Waals surface area contributed by atoms with Gasteiger partial charge < -0.3 is 10.1 Å². The minimum Gasteiger partial charge on any atom is -0.406 e. The van der Waals surface area contributed by atoms with Crippen molar-refractivity contribution >= 4 is 78.3 Å². The number of aromatic nitrogens is 5. The summed E-state index contributed by atoms with van der Waals surface area (Å²) >= 11 is 5.67. The highest BCUT2D eigenvalue weighted by Crippen LogP contribution is 2.37. The van der Waals surface area contributed by atoms with Gasteiger partial charge >= 0.3 is 6.36 Å². The Balaban J connectivity index is 1.30. The van der Waals surface area contributed by atoms with Crippen molar-refractivity contribution in [1.82, 2.24) is 24.9 Å². The lowest BCUT2D eigenvalue weighted by Crippen LogP contribution is -2.17. The van der Waals surface area contributed by atoms with Gasteiger partial charge in [0.1, 0.15) is 5.75 Å². The third kappa shape index (κ3) is 5.99. The monoisotopic (exact) mass is 586 g/mol. The second kappa shape index (κ2) is 10.4. The molecule has 0 spiro atoms. The van der Waals surface area contributed by atoms with Crippen LogP contribution in [0.2, 0.25) is 0 Å². The van der Waals surface area contributed by atoms with E-state index in [2.05, 4.69) is 35.0 Å². The molecule has 190 valence electrons. The molecule has 38 heavy (non-hydrogen) atoms. The van der Waals surface area contributed by atoms with Crippen molar-refractivity contribution in [2.24, 2.45) is 0 Å². The number of hydrogen-bond donors (Lipinski definition) is 1. The highest BCUT2D eigenvalue weighted by atomic mass is 32.2. The van der Waals surface area contributed by atoms with E-state index in [1.54, 1.807) is 0 Å². The Morgan fingerprint density at radius 1 is 0.658 bits per heavy atom. The standard InChI is InChI=1S/C24H13F3N6OS4/c25-24(26,27)34-14-11-9-13(10-12-14)28-19-31-20(37-22-29-15-5-1-3-7-17(15)35-22)33-21(32-19)38-23-30-16-6-2-4-8-18(16)36-23/h1-12H,(H,28,31,32,33). The second-order valence-electron chi connectivity index (χ2n) is 7.52. The van der Waals surface area contributed by atoms with Crippen molar-refractivity contribution in [2.45, 2.75) is 25.4 Å². The first-order valence-electron chi connectivity index (χ1n) is 10.8. The third-order valence-electron chi connectivity index (χ3n) is 4.84. The van der Waals surface area contributed by atoms with Crippen LogP contribution in [-0.2, 0) is 0 Å². The van der Waals surface area contributed by atoms with Crippen molar-refractivity contribution in [3.8, 4) is 5.75 Å². The molecule has 0 saturated heterocycles. The van der Waals surface area contributed by atoms with Crippen LogP contribution < -0.4 is 10.1 Å². The van der Waals surface area contributed by atoms with Crippen molar-refractivity contribution < 1.29 is 17.9 Å². The van der Waals surface area contributed by atoms with Gasteiger partial charge in [-0.05, 0) is 72.1 Å². The summed E-state index contributed by atoms with van der Waals surface area (Å²) in [7, 11) is 0. The van der Waals surface area contributed by atoms with Gasteiger partial charge in [0.15, 0.2) is 8.68 Å². The van der Waals surface area contributed by atoms with Gasteiger partial charge in [-0.25, -0.2) is 9.97 Å². The van der Waals surface area contributed by atoms with Crippen LogP contribution in [0.15, 0.2) is 91.8 Å². The number of para-hydroxylation sites is 2. The number of fused-ring (bicyclic) bond motifs is 2. The van der Waals surface area contributed by atoms with Gasteiger partial charge in [0.2, 0.25) is 16.3 Å². The lowest BCUT2D eigenvalue weighted by molar-refractivity contribution is -0.274. The molecule has 0 fully saturated rings. The molecular formula is C24H13F3N6OS4. The molecule has 3 aromatic carbocycles. The summed E-state index contributed by atoms with van der Waals surface area (Å²) in [5, 5.41) is 3.88. The molecule has 7 nitrogen and oxygen atoms in total. The summed E-state index contributed by atoms with van der Waals surface area (Å²) < 4.78 is 45.1. The molecule has 0 aliphatic rings. The zero-order valence-corrected chi connectivity index (χ0v) is 22.1. The average Bonchev–Trinajstić information content (AvgIpc) is 3.47. The fourth-order valence-corrected chi connectivity index (χ4v) is 7.20. The van der Waals surface area contributed by atoms with Crippen LogP contribution in [0.25, 0.3) is 20.4 Å². The first-order valence-corrected chi connectivity index (χ1v) is 14.1. The number of halogens is 3. The molecule has 6 rings (SSSR count). The predicted octanol–water partition coefficient (Wildman–Crippen LogP) is 8.04. The van der Waals surface area contributed by atoms with E-state index in [4.69, 9.17) is 0 Å². The van der Waals surface area contributed by atoms with Crippen LogP contribution in [0, 0.1) is 0 Å². The van der Waals surface area contributed by atoms with Gasteiger partial charge in [-0.3, -0.25) is 0 Å². The Hall–Kier alpha value is -3.46. The lowest BCUT2D eigenvalue weighted by atomic mass is 10.3. The summed E-state index contributed by atoms with van der Waals surface area (Å²) in [6, 6.07) is 21.0. The minimum absolute atomic E-state index is 0.233. The molecule has 0 radical (unpaired) electrons. The first-order chi connectivity index (χ1) is 18.4. The largest absolute Gasteiger partial charge is 0.573 e. The number of thiazole rings is 2. The van der Waals surface area contributed by atoms with Crippen LogP contribution in [0.3, 0.4) is 0 Å². The molecule has 1 N–H and O–H groups in total. The number of nitrogens with zero attached hydrogens (tertiary/aromatic N) is 5. The fourth-order valence-electron chi connectivity index (χ4n) is 3.30. The summed E-state index contributed by atoms with van der Waals surface area (Å²) in [6.45, 7) is 0. The Morgan fingerprint density at radius 3 is 1.68 bits per heavy atom. The van der Waals surface area contributed by atoms with Crippen molar-refractivity contribution in [3.05, 3.63) is 72.8 Å². The quantitative estimate of drug-likeness (QED) is 0.200. The molecule has 6 aromatic rings. The Labute approximate surface area is 229 Å². The van der Waals surface area contributed by atoms with E-state index in [9.17, 15) is 13.2 Å². The van der Waals surface area contributed by atoms with Crippen LogP contribution in [-0.4, -0.2) is 31.3 Å². The number of ether oxygens (including phenoxy) is 1. The number of benzene rings is 3. The molecule has 3 aromatic heterocycles. The summed E-state index contributed by atoms with van der Waals surface area (Å²) in [5.74, 6) is -0.0884. The first kappa shape index (κ1) is 24.9. The van der Waals surface area contributed by atoms with E-state index in [-0.39, 0.29) is 11.7 Å². The van der Waals surface area contributed by atoms with E-state index >= 15 is 0 Å². The number of alkyl halides is 3. The molecule has 0 aliphatic heterocycles. The number of nitrogens with one attached hydrogen (secondary N) is 1. The minimum atomic E-state index is -4.76. The van der Waals surface area contributed by atoms with Gasteiger partial charge in [0.05, 0.1) is 20.4 Å². The van der Waals surface area contributed by atoms with Gasteiger partial charge in [0, 0.05) is 5.69 Å². The van der Waals surface area contributed by atoms with Gasteiger partial charge in [-0.1, -0.05) is 24.3 Å². The van der Waals surface area contributed by atoms with E-state index in [0.717, 1.165) is 29.1 Å². The van der Waals surface area contributed by atoms with Crippen LogP contribution >= 0.6 is 46.2 Å². The molecule has 0 bridgehead atoms. The number of hydrogen-bond acceptors (Lipinski definition) is 11. The number of rotatable bonds is 7. The molecular weight excluding hydrogens is 574 g/mol. The lowest BCUT2D eigenvalue weighted by Gasteiger charge is -2.10. The Bertz CT molecular complexity index is 1580. The average molecular weight is 587 g/mol. The topological polar surface area (TPSA) is 85.7 Å². The van der Waals surface area contributed by atoms with E-state index in [1.807, 2.05) is 48.5 Å². The molecule has 0 aliphatic carbocycles. The molecule has 0 unspecified atom stereocenters. The predicted molar refractivity (Wildman–Crippen MR) is 144 cm³/mol. The number of anilines is 2. The van der Waals surface area contributed by atoms with E-state index < -0.39 is 6.36 Å². The summed E-state index contributed by atoms with van der Waals surface area (Å²) in [5.41, 5.74) is 2.26. The van der Waals surface area contributed by atoms with E-state index in [1.165, 1.54) is 70.5 Å². The van der Waals surface area contributed by atoms with Crippen LogP contribution in [0.4, 0.5) is 24.8 Å². The second-order valence-corrected chi connectivity index (χ2v) is 12.0. The molecule has 3 heterocycles. The Morgan fingerprint density at radius 2 is 1.18 bits per heavy atom. The fraction of sp³-hybridized carbons (Fsp3) is 0.0417. The maximum atomic E-state index is 12.5. The van der Waals surface area contributed by atoms with Gasteiger partial charge in [-0.2, -0.15) is 15.0 Å². The van der Waals surface area contributed by atoms with Crippen molar-refractivity contribution in [1.29, 1.82) is 0 Å². The molecule has 14 heteroatoms. The smallest absolute Gasteiger partial charge is 0.406 e. The van der Waals surface area contributed by atoms with Crippen molar-refractivity contribution in [3.63, 3.8) is 0 Å². The summed E-state index contributed by atoms with van der Waals surface area (Å²) in [6.07, 6.45) is -4.76. The van der Waals surface area contributed by atoms with E-state index in [0.29, 0.717) is 16.0 Å². The molecule has 0 saturated carbocycles. The zero-order chi connectivity index (χ0) is 26.1. The van der Waals surface area contributed by atoms with Crippen molar-refractivity contribution in [2.75, 3.05) is 5.32 Å². The van der Waals surface area contributed by atoms with Gasteiger partial charge in [-0.15, -0.1) is 35.8 Å². The Kier molecular flexibility index (Phi) is 6.78. The highest BCUT2D eigenvalue weighted by Gasteiger charge is 2.31. The van der Waals surface area contributed by atoms with Crippen LogP contribution in [0.5, 0.6) is 5.75 Å².